The van der Waals surface area contributed by atoms with E-state index in [2.05, 4.69) is 18.5 Å². The van der Waals surface area contributed by atoms with Crippen LogP contribution in [-0.4, -0.2) is 7.11 Å². The average molecular weight is 192 g/mol. The van der Waals surface area contributed by atoms with Crippen molar-refractivity contribution in [2.24, 2.45) is 0 Å². The van der Waals surface area contributed by atoms with E-state index < -0.39 is 0 Å². The minimum absolute atomic E-state index is 0.641. The van der Waals surface area contributed by atoms with Crippen LogP contribution in [0.5, 0.6) is 5.75 Å². The largest absolute Gasteiger partial charge is 0.495 e. The Morgan fingerprint density at radius 2 is 2.23 bits per heavy atom. The van der Waals surface area contributed by atoms with Gasteiger partial charge in [-0.15, -0.1) is 6.42 Å². The average Bonchev–Trinajstić information content (AvgIpc) is 2.17. The number of thiol groups is 1. The third-order valence-electron chi connectivity index (χ3n) is 2.03. The van der Waals surface area contributed by atoms with Crippen LogP contribution in [0.1, 0.15) is 16.7 Å². The smallest absolute Gasteiger partial charge is 0.134 e. The number of ether oxygens (including phenoxy) is 1. The summed E-state index contributed by atoms with van der Waals surface area (Å²) in [5, 5.41) is 0. The molecule has 0 aliphatic heterocycles. The second-order valence-electron chi connectivity index (χ2n) is 2.74. The molecule has 0 bridgehead atoms. The molecule has 1 nitrogen and oxygen atoms in total. The summed E-state index contributed by atoms with van der Waals surface area (Å²) in [5.74, 6) is 4.02. The Kier molecular flexibility index (Phi) is 3.27. The molecule has 0 aliphatic rings. The highest BCUT2D eigenvalue weighted by Crippen LogP contribution is 2.25. The molecule has 0 saturated heterocycles. The molecular formula is C11H12OS. The molecule has 1 aromatic carbocycles. The molecule has 0 aromatic heterocycles. The highest BCUT2D eigenvalue weighted by Gasteiger charge is 2.07. The van der Waals surface area contributed by atoms with Gasteiger partial charge in [-0.25, -0.2) is 0 Å². The van der Waals surface area contributed by atoms with Gasteiger partial charge < -0.3 is 4.74 Å². The molecule has 13 heavy (non-hydrogen) atoms. The van der Waals surface area contributed by atoms with Gasteiger partial charge in [0.05, 0.1) is 12.7 Å². The maximum absolute atomic E-state index is 5.41. The van der Waals surface area contributed by atoms with Crippen molar-refractivity contribution < 1.29 is 4.74 Å². The molecular weight excluding hydrogens is 180 g/mol. The van der Waals surface area contributed by atoms with Crippen LogP contribution in [0.2, 0.25) is 0 Å². The molecule has 0 aliphatic carbocycles. The number of hydrogen-bond donors (Lipinski definition) is 1. The molecule has 0 spiro atoms. The summed E-state index contributed by atoms with van der Waals surface area (Å²) in [5.41, 5.74) is 3.05. The Bertz CT molecular complexity index is 350. The summed E-state index contributed by atoms with van der Waals surface area (Å²) in [6, 6.07) is 3.88. The highest BCUT2D eigenvalue weighted by atomic mass is 32.1. The van der Waals surface area contributed by atoms with Gasteiger partial charge in [-0.1, -0.05) is 12.0 Å². The van der Waals surface area contributed by atoms with E-state index in [0.29, 0.717) is 5.75 Å². The molecule has 68 valence electrons. The minimum atomic E-state index is 0.641. The van der Waals surface area contributed by atoms with Crippen LogP contribution < -0.4 is 4.74 Å². The minimum Gasteiger partial charge on any atom is -0.495 e. The van der Waals surface area contributed by atoms with Gasteiger partial charge in [-0.3, -0.25) is 0 Å². The van der Waals surface area contributed by atoms with Crippen molar-refractivity contribution in [1.82, 2.24) is 0 Å². The van der Waals surface area contributed by atoms with Gasteiger partial charge in [0, 0.05) is 5.75 Å². The van der Waals surface area contributed by atoms with E-state index in [4.69, 9.17) is 11.2 Å². The molecule has 0 fully saturated rings. The van der Waals surface area contributed by atoms with Crippen molar-refractivity contribution in [2.45, 2.75) is 12.7 Å². The van der Waals surface area contributed by atoms with Gasteiger partial charge in [0.2, 0.25) is 0 Å². The number of rotatable bonds is 2. The first-order valence-electron chi connectivity index (χ1n) is 3.98. The summed E-state index contributed by atoms with van der Waals surface area (Å²) in [7, 11) is 1.62. The number of hydrogen-bond acceptors (Lipinski definition) is 2. The first-order valence-corrected chi connectivity index (χ1v) is 4.61. The van der Waals surface area contributed by atoms with Crippen LogP contribution in [-0.2, 0) is 5.75 Å². The van der Waals surface area contributed by atoms with Crippen LogP contribution in [0.4, 0.5) is 0 Å². The third-order valence-corrected chi connectivity index (χ3v) is 2.35. The van der Waals surface area contributed by atoms with Gasteiger partial charge in [0.15, 0.2) is 0 Å². The zero-order chi connectivity index (χ0) is 9.84. The Labute approximate surface area is 84.5 Å². The number of terminal acetylenes is 1. The summed E-state index contributed by atoms with van der Waals surface area (Å²) in [6.45, 7) is 2.02. The quantitative estimate of drug-likeness (QED) is 0.559. The maximum atomic E-state index is 5.41. The topological polar surface area (TPSA) is 9.23 Å². The number of benzene rings is 1. The molecule has 0 amide bonds. The van der Waals surface area contributed by atoms with Gasteiger partial charge in [0.25, 0.3) is 0 Å². The Hall–Kier alpha value is -1.07. The summed E-state index contributed by atoms with van der Waals surface area (Å²) < 4.78 is 5.16. The Morgan fingerprint density at radius 3 is 2.69 bits per heavy atom. The van der Waals surface area contributed by atoms with E-state index in [1.54, 1.807) is 7.11 Å². The number of aryl methyl sites for hydroxylation is 1. The normalized spacial score (nSPS) is 9.38. The van der Waals surface area contributed by atoms with Crippen molar-refractivity contribution in [1.29, 1.82) is 0 Å². The highest BCUT2D eigenvalue weighted by molar-refractivity contribution is 7.79. The van der Waals surface area contributed by atoms with E-state index in [9.17, 15) is 0 Å². The summed E-state index contributed by atoms with van der Waals surface area (Å²) in [4.78, 5) is 0. The van der Waals surface area contributed by atoms with Crippen molar-refractivity contribution in [2.75, 3.05) is 7.11 Å². The maximum Gasteiger partial charge on any atom is 0.134 e. The van der Waals surface area contributed by atoms with E-state index in [1.165, 1.54) is 0 Å². The molecule has 1 rings (SSSR count). The third kappa shape index (κ3) is 1.81. The predicted octanol–water partition coefficient (Wildman–Crippen LogP) is 2.41. The molecule has 0 unspecified atom stereocenters. The standard InChI is InChI=1S/C11H12OS/c1-4-9-10(7-13)8(2)5-6-11(9)12-3/h1,5-6,13H,7H2,2-3H3. The molecule has 0 saturated carbocycles. The zero-order valence-electron chi connectivity index (χ0n) is 7.79. The van der Waals surface area contributed by atoms with Crippen LogP contribution in [0.25, 0.3) is 0 Å². The van der Waals surface area contributed by atoms with Gasteiger partial charge in [0.1, 0.15) is 5.75 Å². The molecule has 0 N–H and O–H groups in total. The fraction of sp³-hybridized carbons (Fsp3) is 0.273. The van der Waals surface area contributed by atoms with Gasteiger partial charge in [-0.05, 0) is 24.1 Å². The van der Waals surface area contributed by atoms with Crippen molar-refractivity contribution in [3.8, 4) is 18.1 Å². The van der Waals surface area contributed by atoms with E-state index in [-0.39, 0.29) is 0 Å². The second-order valence-corrected chi connectivity index (χ2v) is 3.06. The van der Waals surface area contributed by atoms with Gasteiger partial charge >= 0.3 is 0 Å². The van der Waals surface area contributed by atoms with Crippen LogP contribution >= 0.6 is 12.6 Å². The second kappa shape index (κ2) is 4.25. The van der Waals surface area contributed by atoms with Crippen LogP contribution in [0.3, 0.4) is 0 Å². The molecule has 1 aromatic rings. The molecule has 2 heteroatoms. The lowest BCUT2D eigenvalue weighted by Crippen LogP contribution is -1.95. The van der Waals surface area contributed by atoms with E-state index in [0.717, 1.165) is 22.4 Å². The van der Waals surface area contributed by atoms with Crippen LogP contribution in [0, 0.1) is 19.3 Å². The zero-order valence-corrected chi connectivity index (χ0v) is 8.69. The van der Waals surface area contributed by atoms with Crippen LogP contribution in [0.15, 0.2) is 12.1 Å². The lowest BCUT2D eigenvalue weighted by atomic mass is 10.0. The Morgan fingerprint density at radius 1 is 1.54 bits per heavy atom. The molecule has 0 atom stereocenters. The summed E-state index contributed by atoms with van der Waals surface area (Å²) in [6.07, 6.45) is 5.41. The lowest BCUT2D eigenvalue weighted by Gasteiger charge is -2.10. The fourth-order valence-electron chi connectivity index (χ4n) is 1.26. The van der Waals surface area contributed by atoms with Crippen molar-refractivity contribution >= 4 is 12.6 Å². The first kappa shape index (κ1) is 10.0. The fourth-order valence-corrected chi connectivity index (χ4v) is 1.67. The number of methoxy groups -OCH3 is 1. The lowest BCUT2D eigenvalue weighted by molar-refractivity contribution is 0.413. The van der Waals surface area contributed by atoms with Crippen molar-refractivity contribution in [3.05, 3.63) is 28.8 Å². The van der Waals surface area contributed by atoms with E-state index >= 15 is 0 Å². The Balaban J connectivity index is 3.39. The molecule has 0 heterocycles. The monoisotopic (exact) mass is 192 g/mol. The van der Waals surface area contributed by atoms with Gasteiger partial charge in [-0.2, -0.15) is 12.6 Å². The molecule has 0 radical (unpaired) electrons. The SMILES string of the molecule is C#Cc1c(OC)ccc(C)c1CS. The predicted molar refractivity (Wildman–Crippen MR) is 58.4 cm³/mol. The van der Waals surface area contributed by atoms with E-state index in [1.807, 2.05) is 19.1 Å². The summed E-state index contributed by atoms with van der Waals surface area (Å²) >= 11 is 4.24. The van der Waals surface area contributed by atoms with Crippen molar-refractivity contribution in [3.63, 3.8) is 0 Å². The first-order chi connectivity index (χ1) is 6.24.